The zero-order valence-corrected chi connectivity index (χ0v) is 11.0. The lowest BCUT2D eigenvalue weighted by atomic mass is 9.74. The quantitative estimate of drug-likeness (QED) is 0.897. The van der Waals surface area contributed by atoms with Crippen molar-refractivity contribution >= 4 is 5.82 Å². The lowest BCUT2D eigenvalue weighted by molar-refractivity contribution is 0.649. The Labute approximate surface area is 108 Å². The van der Waals surface area contributed by atoms with Gasteiger partial charge in [-0.15, -0.1) is 0 Å². The van der Waals surface area contributed by atoms with Crippen molar-refractivity contribution < 1.29 is 0 Å². The summed E-state index contributed by atoms with van der Waals surface area (Å²) in [7, 11) is 1.93. The molecule has 0 bridgehead atoms. The Balaban J connectivity index is 2.02. The Morgan fingerprint density at radius 1 is 1.39 bits per heavy atom. The van der Waals surface area contributed by atoms with Gasteiger partial charge >= 0.3 is 0 Å². The highest BCUT2D eigenvalue weighted by molar-refractivity contribution is 5.52. The molecule has 0 saturated carbocycles. The van der Waals surface area contributed by atoms with E-state index in [0.29, 0.717) is 5.92 Å². The summed E-state index contributed by atoms with van der Waals surface area (Å²) in [6.45, 7) is 2.19. The fraction of sp³-hybridized carbons (Fsp3) is 0.400. The van der Waals surface area contributed by atoms with Crippen LogP contribution in [0.25, 0.3) is 0 Å². The summed E-state index contributed by atoms with van der Waals surface area (Å²) >= 11 is 0. The van der Waals surface area contributed by atoms with Crippen LogP contribution in [-0.4, -0.2) is 9.78 Å². The molecule has 1 heterocycles. The summed E-state index contributed by atoms with van der Waals surface area (Å²) in [5.41, 5.74) is 11.4. The summed E-state index contributed by atoms with van der Waals surface area (Å²) in [5.74, 6) is 1.28. The van der Waals surface area contributed by atoms with Crippen LogP contribution < -0.4 is 5.73 Å². The van der Waals surface area contributed by atoms with Crippen LogP contribution in [0.15, 0.2) is 24.3 Å². The molecule has 18 heavy (non-hydrogen) atoms. The van der Waals surface area contributed by atoms with E-state index in [9.17, 15) is 0 Å². The molecule has 0 radical (unpaired) electrons. The largest absolute Gasteiger partial charge is 0.384 e. The Morgan fingerprint density at radius 3 is 2.89 bits per heavy atom. The van der Waals surface area contributed by atoms with Gasteiger partial charge < -0.3 is 5.73 Å². The first-order chi connectivity index (χ1) is 8.72. The summed E-state index contributed by atoms with van der Waals surface area (Å²) in [6.07, 6.45) is 3.23. The number of aromatic nitrogens is 2. The fourth-order valence-corrected chi connectivity index (χ4v) is 2.89. The molecule has 3 nitrogen and oxygen atoms in total. The lowest BCUT2D eigenvalue weighted by Gasteiger charge is -2.29. The molecule has 1 aromatic heterocycles. The zero-order chi connectivity index (χ0) is 12.7. The molecule has 0 aliphatic heterocycles. The van der Waals surface area contributed by atoms with E-state index >= 15 is 0 Å². The Morgan fingerprint density at radius 2 is 2.17 bits per heavy atom. The van der Waals surface area contributed by atoms with E-state index in [4.69, 9.17) is 5.73 Å². The van der Waals surface area contributed by atoms with Crippen molar-refractivity contribution in [1.82, 2.24) is 9.78 Å². The van der Waals surface area contributed by atoms with Crippen molar-refractivity contribution in [3.8, 4) is 0 Å². The topological polar surface area (TPSA) is 43.8 Å². The fourth-order valence-electron chi connectivity index (χ4n) is 2.89. The van der Waals surface area contributed by atoms with Crippen molar-refractivity contribution in [2.45, 2.75) is 32.1 Å². The van der Waals surface area contributed by atoms with Gasteiger partial charge in [-0.05, 0) is 24.0 Å². The molecule has 1 aliphatic carbocycles. The number of fused-ring (bicyclic) bond motifs is 1. The maximum atomic E-state index is 6.13. The average molecular weight is 241 g/mol. The van der Waals surface area contributed by atoms with Crippen LogP contribution in [0.3, 0.4) is 0 Å². The van der Waals surface area contributed by atoms with Gasteiger partial charge in [-0.1, -0.05) is 37.6 Å². The van der Waals surface area contributed by atoms with Gasteiger partial charge in [0.2, 0.25) is 0 Å². The minimum Gasteiger partial charge on any atom is -0.384 e. The third-order valence-corrected chi connectivity index (χ3v) is 3.91. The first-order valence-corrected chi connectivity index (χ1v) is 6.61. The second kappa shape index (κ2) is 4.16. The van der Waals surface area contributed by atoms with Gasteiger partial charge in [0.15, 0.2) is 0 Å². The van der Waals surface area contributed by atoms with Gasteiger partial charge in [0.1, 0.15) is 5.82 Å². The molecule has 1 atom stereocenters. The minimum atomic E-state index is 0.450. The maximum Gasteiger partial charge on any atom is 0.124 e. The number of hydrogen-bond acceptors (Lipinski definition) is 2. The molecule has 0 fully saturated rings. The lowest BCUT2D eigenvalue weighted by Crippen LogP contribution is -2.19. The third kappa shape index (κ3) is 1.54. The van der Waals surface area contributed by atoms with Crippen LogP contribution in [0.5, 0.6) is 0 Å². The van der Waals surface area contributed by atoms with Gasteiger partial charge in [-0.3, -0.25) is 4.68 Å². The number of hydrogen-bond donors (Lipinski definition) is 1. The van der Waals surface area contributed by atoms with Crippen LogP contribution in [0.2, 0.25) is 0 Å². The summed E-state index contributed by atoms with van der Waals surface area (Å²) < 4.78 is 1.82. The summed E-state index contributed by atoms with van der Waals surface area (Å²) in [6, 6.07) is 8.63. The number of aryl methyl sites for hydroxylation is 1. The molecule has 1 aromatic carbocycles. The van der Waals surface area contributed by atoms with Gasteiger partial charge in [-0.25, -0.2) is 0 Å². The van der Waals surface area contributed by atoms with Crippen molar-refractivity contribution in [2.24, 2.45) is 7.05 Å². The normalized spacial score (nSPS) is 17.3. The molecule has 1 unspecified atom stereocenters. The molecule has 2 N–H and O–H groups in total. The smallest absolute Gasteiger partial charge is 0.124 e. The third-order valence-electron chi connectivity index (χ3n) is 3.91. The van der Waals surface area contributed by atoms with E-state index < -0.39 is 0 Å². The molecule has 0 amide bonds. The van der Waals surface area contributed by atoms with Gasteiger partial charge in [0, 0.05) is 18.5 Å². The standard InChI is InChI=1S/C15H19N3/c1-3-6-12-14(17-18(2)15(12)16)13-9-10-7-4-5-8-11(10)13/h4-5,7-8,13H,3,6,9,16H2,1-2H3. The van der Waals surface area contributed by atoms with Gasteiger partial charge in [0.25, 0.3) is 0 Å². The van der Waals surface area contributed by atoms with E-state index in [-0.39, 0.29) is 0 Å². The van der Waals surface area contributed by atoms with Gasteiger partial charge in [0.05, 0.1) is 5.69 Å². The molecular formula is C15H19N3. The first kappa shape index (κ1) is 11.3. The highest BCUT2D eigenvalue weighted by atomic mass is 15.3. The van der Waals surface area contributed by atoms with E-state index in [1.807, 2.05) is 11.7 Å². The van der Waals surface area contributed by atoms with Crippen LogP contribution in [0, 0.1) is 0 Å². The second-order valence-corrected chi connectivity index (χ2v) is 5.08. The van der Waals surface area contributed by atoms with E-state index in [1.54, 1.807) is 0 Å². The number of benzene rings is 1. The van der Waals surface area contributed by atoms with Crippen LogP contribution in [0.4, 0.5) is 5.82 Å². The van der Waals surface area contributed by atoms with Crippen LogP contribution >= 0.6 is 0 Å². The van der Waals surface area contributed by atoms with Crippen molar-refractivity contribution in [3.05, 3.63) is 46.6 Å². The maximum absolute atomic E-state index is 6.13. The minimum absolute atomic E-state index is 0.450. The van der Waals surface area contributed by atoms with Crippen molar-refractivity contribution in [3.63, 3.8) is 0 Å². The summed E-state index contributed by atoms with van der Waals surface area (Å²) in [4.78, 5) is 0. The Kier molecular flexibility index (Phi) is 2.62. The van der Waals surface area contributed by atoms with Crippen LogP contribution in [-0.2, 0) is 19.9 Å². The second-order valence-electron chi connectivity index (χ2n) is 5.08. The SMILES string of the molecule is CCCc1c(C2Cc3ccccc32)nn(C)c1N. The van der Waals surface area contributed by atoms with Crippen molar-refractivity contribution in [1.29, 1.82) is 0 Å². The highest BCUT2D eigenvalue weighted by Crippen LogP contribution is 2.41. The van der Waals surface area contributed by atoms with E-state index in [1.165, 1.54) is 22.4 Å². The number of nitrogen functional groups attached to an aromatic ring is 1. The molecule has 0 spiro atoms. The van der Waals surface area contributed by atoms with Gasteiger partial charge in [-0.2, -0.15) is 5.10 Å². The predicted octanol–water partition coefficient (Wildman–Crippen LogP) is 2.64. The number of rotatable bonds is 3. The number of nitrogens with two attached hydrogens (primary N) is 1. The molecule has 0 saturated heterocycles. The Bertz CT molecular complexity index is 583. The number of nitrogens with zero attached hydrogens (tertiary/aromatic N) is 2. The van der Waals surface area contributed by atoms with Crippen molar-refractivity contribution in [2.75, 3.05) is 5.73 Å². The predicted molar refractivity (Wildman–Crippen MR) is 73.6 cm³/mol. The van der Waals surface area contributed by atoms with E-state index in [0.717, 1.165) is 25.1 Å². The Hall–Kier alpha value is -1.77. The zero-order valence-electron chi connectivity index (χ0n) is 11.0. The molecule has 1 aliphatic rings. The highest BCUT2D eigenvalue weighted by Gasteiger charge is 2.31. The molecule has 3 heteroatoms. The van der Waals surface area contributed by atoms with Crippen LogP contribution in [0.1, 0.15) is 41.6 Å². The summed E-state index contributed by atoms with van der Waals surface area (Å²) in [5, 5.41) is 4.64. The molecular weight excluding hydrogens is 222 g/mol. The average Bonchev–Trinajstić information content (AvgIpc) is 2.60. The monoisotopic (exact) mass is 241 g/mol. The molecule has 94 valence electrons. The molecule has 2 aromatic rings. The molecule has 3 rings (SSSR count). The van der Waals surface area contributed by atoms with E-state index in [2.05, 4.69) is 36.3 Å². The first-order valence-electron chi connectivity index (χ1n) is 6.61. The number of anilines is 1.